The predicted molar refractivity (Wildman–Crippen MR) is 128 cm³/mol. The summed E-state index contributed by atoms with van der Waals surface area (Å²) in [5.41, 5.74) is 1.77. The van der Waals surface area contributed by atoms with Crippen LogP contribution in [0, 0.1) is 5.92 Å². The first kappa shape index (κ1) is 24.2. The van der Waals surface area contributed by atoms with Gasteiger partial charge in [0.1, 0.15) is 5.75 Å². The number of hydrogen-bond acceptors (Lipinski definition) is 5. The molecule has 2 aliphatic rings. The summed E-state index contributed by atoms with van der Waals surface area (Å²) in [5, 5.41) is 2.62. The van der Waals surface area contributed by atoms with Crippen molar-refractivity contribution >= 4 is 21.8 Å². The van der Waals surface area contributed by atoms with Gasteiger partial charge in [-0.05, 0) is 73.6 Å². The van der Waals surface area contributed by atoms with Crippen molar-refractivity contribution in [3.8, 4) is 5.75 Å². The number of ether oxygens (including phenoxy) is 1. The molecular formula is C25H31N3O5S. The number of piperazine rings is 1. The first-order chi connectivity index (χ1) is 16.4. The molecular weight excluding hydrogens is 454 g/mol. The third-order valence-corrected chi connectivity index (χ3v) is 8.50. The Labute approximate surface area is 200 Å². The number of rotatable bonds is 7. The van der Waals surface area contributed by atoms with Crippen LogP contribution < -0.4 is 10.1 Å². The summed E-state index contributed by atoms with van der Waals surface area (Å²) in [5.74, 6) is 1.06. The molecule has 0 aromatic heterocycles. The third kappa shape index (κ3) is 5.59. The van der Waals surface area contributed by atoms with Crippen molar-refractivity contribution in [2.24, 2.45) is 5.92 Å². The number of likely N-dealkylation sites (tertiary alicyclic amines) is 1. The Bertz CT molecular complexity index is 1110. The fourth-order valence-corrected chi connectivity index (χ4v) is 5.91. The lowest BCUT2D eigenvalue weighted by Crippen LogP contribution is -2.49. The van der Waals surface area contributed by atoms with E-state index in [0.717, 1.165) is 31.4 Å². The highest BCUT2D eigenvalue weighted by atomic mass is 32.2. The fourth-order valence-electron chi connectivity index (χ4n) is 4.51. The molecule has 2 fully saturated rings. The average Bonchev–Trinajstić information content (AvgIpc) is 2.88. The summed E-state index contributed by atoms with van der Waals surface area (Å²) in [6.45, 7) is 1.76. The van der Waals surface area contributed by atoms with E-state index in [-0.39, 0.29) is 29.8 Å². The molecule has 0 saturated carbocycles. The van der Waals surface area contributed by atoms with Crippen LogP contribution in [0.4, 0.5) is 0 Å². The first-order valence-electron chi connectivity index (χ1n) is 11.7. The van der Waals surface area contributed by atoms with Crippen LogP contribution in [-0.2, 0) is 21.2 Å². The molecule has 4 rings (SSSR count). The first-order valence-corrected chi connectivity index (χ1v) is 13.1. The van der Waals surface area contributed by atoms with Gasteiger partial charge in [-0.25, -0.2) is 8.42 Å². The number of nitrogens with one attached hydrogen (secondary N) is 1. The maximum absolute atomic E-state index is 13.0. The number of amides is 2. The molecule has 0 spiro atoms. The Morgan fingerprint density at radius 3 is 2.32 bits per heavy atom. The maximum atomic E-state index is 13.0. The van der Waals surface area contributed by atoms with E-state index >= 15 is 0 Å². The Balaban J connectivity index is 1.29. The second-order valence-electron chi connectivity index (χ2n) is 8.84. The van der Waals surface area contributed by atoms with Crippen molar-refractivity contribution in [1.82, 2.24) is 14.5 Å². The number of piperidine rings is 1. The second-order valence-corrected chi connectivity index (χ2v) is 10.8. The Morgan fingerprint density at radius 1 is 1.03 bits per heavy atom. The SMILES string of the molecule is COc1ccc(CCC2CCN(C(=O)c3ccc(S(=O)(=O)N4CCNC(=O)C4)cc3)CC2)cc1. The minimum atomic E-state index is -3.76. The van der Waals surface area contributed by atoms with Gasteiger partial charge in [0.15, 0.2) is 0 Å². The molecule has 2 aromatic carbocycles. The van der Waals surface area contributed by atoms with Crippen LogP contribution in [0.15, 0.2) is 53.4 Å². The lowest BCUT2D eigenvalue weighted by Gasteiger charge is -2.32. The largest absolute Gasteiger partial charge is 0.497 e. The van der Waals surface area contributed by atoms with E-state index in [9.17, 15) is 18.0 Å². The van der Waals surface area contributed by atoms with E-state index in [1.165, 1.54) is 22.0 Å². The fraction of sp³-hybridized carbons (Fsp3) is 0.440. The van der Waals surface area contributed by atoms with Crippen LogP contribution >= 0.6 is 0 Å². The van der Waals surface area contributed by atoms with Gasteiger partial charge < -0.3 is 15.0 Å². The smallest absolute Gasteiger partial charge is 0.253 e. The second kappa shape index (κ2) is 10.6. The normalized spacial score (nSPS) is 17.9. The number of carbonyl (C=O) groups excluding carboxylic acids is 2. The maximum Gasteiger partial charge on any atom is 0.253 e. The van der Waals surface area contributed by atoms with Crippen molar-refractivity contribution in [3.05, 3.63) is 59.7 Å². The molecule has 2 amide bonds. The van der Waals surface area contributed by atoms with Crippen LogP contribution in [0.3, 0.4) is 0 Å². The third-order valence-electron chi connectivity index (χ3n) is 6.64. The monoisotopic (exact) mass is 485 g/mol. The van der Waals surface area contributed by atoms with Gasteiger partial charge in [-0.15, -0.1) is 0 Å². The van der Waals surface area contributed by atoms with E-state index in [1.54, 1.807) is 19.2 Å². The minimum absolute atomic E-state index is 0.0742. The van der Waals surface area contributed by atoms with Gasteiger partial charge in [0.05, 0.1) is 18.6 Å². The molecule has 2 saturated heterocycles. The van der Waals surface area contributed by atoms with E-state index in [0.29, 0.717) is 31.1 Å². The summed E-state index contributed by atoms with van der Waals surface area (Å²) < 4.78 is 32.0. The molecule has 2 heterocycles. The zero-order chi connectivity index (χ0) is 24.1. The highest BCUT2D eigenvalue weighted by Crippen LogP contribution is 2.25. The minimum Gasteiger partial charge on any atom is -0.497 e. The number of methoxy groups -OCH3 is 1. The van der Waals surface area contributed by atoms with Crippen molar-refractivity contribution in [2.75, 3.05) is 39.8 Å². The number of carbonyl (C=O) groups is 2. The molecule has 2 aliphatic heterocycles. The number of hydrogen-bond donors (Lipinski definition) is 1. The Morgan fingerprint density at radius 2 is 1.71 bits per heavy atom. The summed E-state index contributed by atoms with van der Waals surface area (Å²) >= 11 is 0. The molecule has 0 radical (unpaired) electrons. The molecule has 0 aliphatic carbocycles. The molecule has 0 atom stereocenters. The lowest BCUT2D eigenvalue weighted by atomic mass is 9.90. The van der Waals surface area contributed by atoms with E-state index < -0.39 is 10.0 Å². The van der Waals surface area contributed by atoms with Crippen LogP contribution in [0.2, 0.25) is 0 Å². The summed E-state index contributed by atoms with van der Waals surface area (Å²) in [6, 6.07) is 14.2. The molecule has 9 heteroatoms. The zero-order valence-corrected chi connectivity index (χ0v) is 20.2. The zero-order valence-electron chi connectivity index (χ0n) is 19.4. The van der Waals surface area contributed by atoms with E-state index in [4.69, 9.17) is 4.74 Å². The van der Waals surface area contributed by atoms with Crippen molar-refractivity contribution in [2.45, 2.75) is 30.6 Å². The molecule has 0 unspecified atom stereocenters. The summed E-state index contributed by atoms with van der Waals surface area (Å²) in [7, 11) is -2.10. The van der Waals surface area contributed by atoms with Gasteiger partial charge in [-0.2, -0.15) is 4.31 Å². The molecule has 8 nitrogen and oxygen atoms in total. The van der Waals surface area contributed by atoms with E-state index in [2.05, 4.69) is 17.4 Å². The van der Waals surface area contributed by atoms with Crippen LogP contribution in [-0.4, -0.2) is 69.3 Å². The van der Waals surface area contributed by atoms with Gasteiger partial charge in [0, 0.05) is 31.7 Å². The van der Waals surface area contributed by atoms with Gasteiger partial charge in [-0.1, -0.05) is 12.1 Å². The van der Waals surface area contributed by atoms with Gasteiger partial charge in [0.2, 0.25) is 15.9 Å². The van der Waals surface area contributed by atoms with Gasteiger partial charge >= 0.3 is 0 Å². The van der Waals surface area contributed by atoms with Crippen LogP contribution in [0.1, 0.15) is 35.2 Å². The average molecular weight is 486 g/mol. The standard InChI is InChI=1S/C25H31N3O5S/c1-33-22-8-4-19(5-9-22)2-3-20-12-15-27(16-13-20)25(30)21-6-10-23(11-7-21)34(31,32)28-17-14-26-24(29)18-28/h4-11,20H,2-3,12-18H2,1H3,(H,26,29). The van der Waals surface area contributed by atoms with Crippen LogP contribution in [0.25, 0.3) is 0 Å². The van der Waals surface area contributed by atoms with Crippen LogP contribution in [0.5, 0.6) is 5.75 Å². The number of benzene rings is 2. The summed E-state index contributed by atoms with van der Waals surface area (Å²) in [4.78, 5) is 26.5. The van der Waals surface area contributed by atoms with Gasteiger partial charge in [0.25, 0.3) is 5.91 Å². The summed E-state index contributed by atoms with van der Waals surface area (Å²) in [6.07, 6.45) is 4.03. The van der Waals surface area contributed by atoms with Crippen molar-refractivity contribution < 1.29 is 22.7 Å². The molecule has 34 heavy (non-hydrogen) atoms. The topological polar surface area (TPSA) is 96.0 Å². The Hall–Kier alpha value is -2.91. The van der Waals surface area contributed by atoms with Crippen molar-refractivity contribution in [1.29, 1.82) is 0 Å². The molecule has 2 aromatic rings. The number of nitrogens with zero attached hydrogens (tertiary/aromatic N) is 2. The number of aryl methyl sites for hydroxylation is 1. The highest BCUT2D eigenvalue weighted by molar-refractivity contribution is 7.89. The predicted octanol–water partition coefficient (Wildman–Crippen LogP) is 2.30. The van der Waals surface area contributed by atoms with E-state index in [1.807, 2.05) is 17.0 Å². The highest BCUT2D eigenvalue weighted by Gasteiger charge is 2.29. The molecule has 1 N–H and O–H groups in total. The molecule has 0 bridgehead atoms. The molecule has 182 valence electrons. The number of sulfonamides is 1. The Kier molecular flexibility index (Phi) is 7.53. The van der Waals surface area contributed by atoms with Gasteiger partial charge in [-0.3, -0.25) is 9.59 Å². The lowest BCUT2D eigenvalue weighted by molar-refractivity contribution is -0.122. The quantitative estimate of drug-likeness (QED) is 0.649. The van der Waals surface area contributed by atoms with Crippen molar-refractivity contribution in [3.63, 3.8) is 0 Å².